The van der Waals surface area contributed by atoms with E-state index in [2.05, 4.69) is 49.5 Å². The van der Waals surface area contributed by atoms with Crippen molar-refractivity contribution >= 4 is 6.91 Å². The van der Waals surface area contributed by atoms with Crippen molar-refractivity contribution in [3.8, 4) is 0 Å². The van der Waals surface area contributed by atoms with Crippen LogP contribution in [0.25, 0.3) is 0 Å². The van der Waals surface area contributed by atoms with E-state index >= 15 is 0 Å². The van der Waals surface area contributed by atoms with Gasteiger partial charge in [-0.1, -0.05) is 0 Å². The molecule has 0 heterocycles. The molecule has 1 rings (SSSR count). The molecule has 0 aromatic heterocycles. The SMILES string of the molecule is [Ti+2]=[SiH]Cc1ccccc1. The fraction of sp³-hybridized carbons (Fsp3) is 0.143. The van der Waals surface area contributed by atoms with Crippen LogP contribution in [-0.2, 0) is 25.2 Å². The summed E-state index contributed by atoms with van der Waals surface area (Å²) in [6.07, 6.45) is 0. The fourth-order valence-corrected chi connectivity index (χ4v) is 2.34. The van der Waals surface area contributed by atoms with Gasteiger partial charge in [0.15, 0.2) is 0 Å². The van der Waals surface area contributed by atoms with Gasteiger partial charge in [0.25, 0.3) is 0 Å². The second-order valence-electron chi connectivity index (χ2n) is 1.89. The van der Waals surface area contributed by atoms with E-state index in [1.54, 1.807) is 0 Å². The molecule has 0 nitrogen and oxygen atoms in total. The van der Waals surface area contributed by atoms with Crippen LogP contribution in [-0.4, -0.2) is 6.91 Å². The van der Waals surface area contributed by atoms with E-state index in [1.807, 2.05) is 0 Å². The van der Waals surface area contributed by atoms with E-state index in [9.17, 15) is 0 Å². The van der Waals surface area contributed by atoms with Gasteiger partial charge in [-0.3, -0.25) is 0 Å². The van der Waals surface area contributed by atoms with Crippen molar-refractivity contribution in [1.29, 1.82) is 0 Å². The van der Waals surface area contributed by atoms with Crippen molar-refractivity contribution in [3.05, 3.63) is 35.9 Å². The summed E-state index contributed by atoms with van der Waals surface area (Å²) in [6, 6.07) is 11.9. The predicted octanol–water partition coefficient (Wildman–Crippen LogP) is 1.08. The van der Waals surface area contributed by atoms with Gasteiger partial charge >= 0.3 is 68.0 Å². The van der Waals surface area contributed by atoms with Crippen LogP contribution in [0.5, 0.6) is 0 Å². The first kappa shape index (κ1) is 7.26. The molecule has 0 saturated carbocycles. The zero-order valence-corrected chi connectivity index (χ0v) is 7.89. The topological polar surface area (TPSA) is 0 Å². The Morgan fingerprint density at radius 1 is 1.22 bits per heavy atom. The minimum absolute atomic E-state index is 0.625. The van der Waals surface area contributed by atoms with Gasteiger partial charge in [0, 0.05) is 0 Å². The molecule has 0 radical (unpaired) electrons. The van der Waals surface area contributed by atoms with Crippen molar-refractivity contribution < 1.29 is 19.2 Å². The first-order valence-electron chi connectivity index (χ1n) is 2.96. The molecule has 1 aromatic rings. The van der Waals surface area contributed by atoms with Crippen molar-refractivity contribution in [2.24, 2.45) is 0 Å². The number of hydrogen-bond donors (Lipinski definition) is 0. The van der Waals surface area contributed by atoms with E-state index < -0.39 is 0 Å². The van der Waals surface area contributed by atoms with Crippen LogP contribution < -0.4 is 0 Å². The van der Waals surface area contributed by atoms with Gasteiger partial charge in [-0.15, -0.1) is 0 Å². The Morgan fingerprint density at radius 3 is 2.44 bits per heavy atom. The first-order valence-corrected chi connectivity index (χ1v) is 7.06. The monoisotopic (exact) mass is 168 g/mol. The molecular formula is C7H8SiTi+2. The van der Waals surface area contributed by atoms with Gasteiger partial charge in [-0.05, 0) is 0 Å². The molecule has 9 heavy (non-hydrogen) atoms. The molecule has 0 atom stereocenters. The summed E-state index contributed by atoms with van der Waals surface area (Å²) in [5.41, 5.74) is 1.48. The van der Waals surface area contributed by atoms with Crippen LogP contribution in [0, 0.1) is 0 Å². The Bertz CT molecular complexity index is 183. The Labute approximate surface area is 68.1 Å². The number of hydrogen-bond acceptors (Lipinski definition) is 0. The zero-order chi connectivity index (χ0) is 6.53. The van der Waals surface area contributed by atoms with Crippen LogP contribution >= 0.6 is 0 Å². The normalized spacial score (nSPS) is 9.11. The molecular weight excluding hydrogens is 160 g/mol. The van der Waals surface area contributed by atoms with Crippen molar-refractivity contribution in [2.75, 3.05) is 0 Å². The molecule has 0 bridgehead atoms. The zero-order valence-electron chi connectivity index (χ0n) is 5.17. The van der Waals surface area contributed by atoms with Crippen LogP contribution in [0.15, 0.2) is 30.3 Å². The van der Waals surface area contributed by atoms with E-state index in [1.165, 1.54) is 11.6 Å². The van der Waals surface area contributed by atoms with Crippen molar-refractivity contribution in [3.63, 3.8) is 0 Å². The van der Waals surface area contributed by atoms with Crippen molar-refractivity contribution in [2.45, 2.75) is 6.04 Å². The third-order valence-corrected chi connectivity index (χ3v) is 2.81. The molecule has 0 fully saturated rings. The van der Waals surface area contributed by atoms with Gasteiger partial charge in [0.05, 0.1) is 0 Å². The van der Waals surface area contributed by atoms with Gasteiger partial charge < -0.3 is 0 Å². The van der Waals surface area contributed by atoms with Gasteiger partial charge in [0.1, 0.15) is 0 Å². The van der Waals surface area contributed by atoms with Crippen molar-refractivity contribution in [1.82, 2.24) is 0 Å². The molecule has 1 aromatic carbocycles. The van der Waals surface area contributed by atoms with E-state index in [4.69, 9.17) is 0 Å². The maximum atomic E-state index is 2.28. The molecule has 0 aliphatic carbocycles. The standard InChI is InChI=1S/C7H8Si.Ti/c8-6-7-4-2-1-3-5-7;/h1-5,8H,6H2;/q;+2. The van der Waals surface area contributed by atoms with Crippen LogP contribution in [0.3, 0.4) is 0 Å². The summed E-state index contributed by atoms with van der Waals surface area (Å²) >= 11 is 2.28. The van der Waals surface area contributed by atoms with Gasteiger partial charge in [0.2, 0.25) is 0 Å². The summed E-state index contributed by atoms with van der Waals surface area (Å²) in [5.74, 6) is 0. The minimum atomic E-state index is 0.625. The van der Waals surface area contributed by atoms with E-state index in [0.717, 1.165) is 0 Å². The quantitative estimate of drug-likeness (QED) is 0.580. The van der Waals surface area contributed by atoms with Gasteiger partial charge in [-0.25, -0.2) is 0 Å². The summed E-state index contributed by atoms with van der Waals surface area (Å²) in [6.45, 7) is 0.625. The summed E-state index contributed by atoms with van der Waals surface area (Å²) in [5, 5.41) is 0. The third-order valence-electron chi connectivity index (χ3n) is 1.18. The van der Waals surface area contributed by atoms with Crippen LogP contribution in [0.1, 0.15) is 5.56 Å². The van der Waals surface area contributed by atoms with E-state index in [0.29, 0.717) is 6.91 Å². The molecule has 0 aliphatic heterocycles. The average molecular weight is 168 g/mol. The maximum absolute atomic E-state index is 2.28. The molecule has 0 N–H and O–H groups in total. The molecule has 0 saturated heterocycles. The molecule has 0 amide bonds. The average Bonchev–Trinajstić information content (AvgIpc) is 1.91. The summed E-state index contributed by atoms with van der Waals surface area (Å²) < 4.78 is 0. The second kappa shape index (κ2) is 4.05. The van der Waals surface area contributed by atoms with Crippen LogP contribution in [0.4, 0.5) is 0 Å². The van der Waals surface area contributed by atoms with Crippen LogP contribution in [0.2, 0.25) is 0 Å². The summed E-state index contributed by atoms with van der Waals surface area (Å²) in [7, 11) is 0. The number of benzene rings is 1. The molecule has 0 spiro atoms. The molecule has 2 heteroatoms. The Kier molecular flexibility index (Phi) is 3.26. The van der Waals surface area contributed by atoms with E-state index in [-0.39, 0.29) is 0 Å². The predicted molar refractivity (Wildman–Crippen MR) is 37.3 cm³/mol. The van der Waals surface area contributed by atoms with Gasteiger partial charge in [-0.2, -0.15) is 0 Å². The first-order chi connectivity index (χ1) is 4.43. The Morgan fingerprint density at radius 2 is 1.89 bits per heavy atom. The third kappa shape index (κ3) is 2.48. The number of rotatable bonds is 2. The second-order valence-corrected chi connectivity index (χ2v) is 4.62. The molecule has 42 valence electrons. The summed E-state index contributed by atoms with van der Waals surface area (Å²) in [4.78, 5) is 0. The Balaban J connectivity index is 2.72. The molecule has 0 unspecified atom stereocenters. The Hall–Kier alpha value is 0.151. The molecule has 0 aliphatic rings. The fourth-order valence-electron chi connectivity index (χ4n) is 0.732.